The van der Waals surface area contributed by atoms with Crippen LogP contribution in [0.4, 0.5) is 11.4 Å². The van der Waals surface area contributed by atoms with E-state index in [9.17, 15) is 14.9 Å². The van der Waals surface area contributed by atoms with Gasteiger partial charge in [-0.05, 0) is 12.1 Å². The van der Waals surface area contributed by atoms with Crippen LogP contribution in [0.25, 0.3) is 0 Å². The molecule has 0 aliphatic rings. The molecule has 0 aliphatic heterocycles. The largest absolute Gasteiger partial charge is 0.513 e. The summed E-state index contributed by atoms with van der Waals surface area (Å²) in [7, 11) is 0. The Bertz CT molecular complexity index is 737. The molecular weight excluding hydrogens is 286 g/mol. The van der Waals surface area contributed by atoms with Gasteiger partial charge in [0.05, 0.1) is 10.6 Å². The molecule has 2 aromatic carbocycles. The number of carbonyl (C=O) groups excluding carboxylic acids is 1. The summed E-state index contributed by atoms with van der Waals surface area (Å²) in [6.07, 6.45) is 0.574. The first kappa shape index (κ1) is 15.0. The molecule has 7 heteroatoms. The lowest BCUT2D eigenvalue weighted by atomic mass is 10.1. The van der Waals surface area contributed by atoms with Crippen molar-refractivity contribution in [2.24, 2.45) is 10.2 Å². The molecule has 0 amide bonds. The number of azo groups is 1. The lowest BCUT2D eigenvalue weighted by Gasteiger charge is -1.99. The van der Waals surface area contributed by atoms with Crippen molar-refractivity contribution in [3.05, 3.63) is 82.2 Å². The van der Waals surface area contributed by atoms with Gasteiger partial charge in [0.15, 0.2) is 5.70 Å². The van der Waals surface area contributed by atoms with Gasteiger partial charge >= 0.3 is 0 Å². The van der Waals surface area contributed by atoms with Crippen molar-refractivity contribution in [3.8, 4) is 0 Å². The third kappa shape index (κ3) is 3.60. The second-order valence-electron chi connectivity index (χ2n) is 4.18. The van der Waals surface area contributed by atoms with Crippen LogP contribution in [0.3, 0.4) is 0 Å². The lowest BCUT2D eigenvalue weighted by molar-refractivity contribution is -0.384. The number of nitro groups is 1. The van der Waals surface area contributed by atoms with E-state index >= 15 is 0 Å². The molecule has 2 rings (SSSR count). The number of aliphatic hydroxyl groups is 1. The summed E-state index contributed by atoms with van der Waals surface area (Å²) in [6.45, 7) is 0. The maximum atomic E-state index is 12.1. The van der Waals surface area contributed by atoms with E-state index in [-0.39, 0.29) is 11.4 Å². The quantitative estimate of drug-likeness (QED) is 0.225. The Labute approximate surface area is 125 Å². The van der Waals surface area contributed by atoms with Crippen molar-refractivity contribution in [2.45, 2.75) is 0 Å². The summed E-state index contributed by atoms with van der Waals surface area (Å²) in [5.41, 5.74) is 0.387. The van der Waals surface area contributed by atoms with E-state index < -0.39 is 10.7 Å². The highest BCUT2D eigenvalue weighted by Crippen LogP contribution is 2.19. The van der Waals surface area contributed by atoms with Crippen molar-refractivity contribution in [2.75, 3.05) is 0 Å². The highest BCUT2D eigenvalue weighted by atomic mass is 16.6. The maximum Gasteiger partial charge on any atom is 0.269 e. The number of rotatable bonds is 5. The molecule has 0 radical (unpaired) electrons. The lowest BCUT2D eigenvalue weighted by Crippen LogP contribution is -2.00. The standard InChI is InChI=1S/C15H11N3O4/c19-10-14(15(20)11-4-2-1-3-5-11)17-16-12-6-8-13(9-7-12)18(21)22/h1-10,19H/b14-10+,17-16?. The van der Waals surface area contributed by atoms with Crippen LogP contribution in [0.1, 0.15) is 10.4 Å². The molecule has 7 nitrogen and oxygen atoms in total. The van der Waals surface area contributed by atoms with Gasteiger partial charge in [-0.15, -0.1) is 5.11 Å². The molecule has 1 N–H and O–H groups in total. The Morgan fingerprint density at radius 3 is 2.27 bits per heavy atom. The topological polar surface area (TPSA) is 105 Å². The first-order valence-corrected chi connectivity index (χ1v) is 6.22. The van der Waals surface area contributed by atoms with E-state index in [4.69, 9.17) is 5.11 Å². The predicted octanol–water partition coefficient (Wildman–Crippen LogP) is 3.96. The van der Waals surface area contributed by atoms with Crippen LogP contribution in [-0.2, 0) is 0 Å². The van der Waals surface area contributed by atoms with Crippen LogP contribution < -0.4 is 0 Å². The highest BCUT2D eigenvalue weighted by molar-refractivity contribution is 6.08. The molecule has 0 aliphatic carbocycles. The van der Waals surface area contributed by atoms with Crippen LogP contribution >= 0.6 is 0 Å². The van der Waals surface area contributed by atoms with Gasteiger partial charge in [0.1, 0.15) is 6.26 Å². The minimum atomic E-state index is -0.529. The smallest absolute Gasteiger partial charge is 0.269 e. The zero-order chi connectivity index (χ0) is 15.9. The number of hydrogen-bond donors (Lipinski definition) is 1. The third-order valence-corrected chi connectivity index (χ3v) is 2.72. The molecule has 0 spiro atoms. The van der Waals surface area contributed by atoms with E-state index in [0.717, 1.165) is 0 Å². The highest BCUT2D eigenvalue weighted by Gasteiger charge is 2.12. The second kappa shape index (κ2) is 6.89. The average molecular weight is 297 g/mol. The number of nitro benzene ring substituents is 1. The fourth-order valence-electron chi connectivity index (χ4n) is 1.62. The van der Waals surface area contributed by atoms with Gasteiger partial charge in [-0.25, -0.2) is 0 Å². The normalized spacial score (nSPS) is 11.5. The number of aliphatic hydroxyl groups excluding tert-OH is 1. The summed E-state index contributed by atoms with van der Waals surface area (Å²) in [5, 5.41) is 27.1. The summed E-state index contributed by atoms with van der Waals surface area (Å²) in [4.78, 5) is 22.1. The van der Waals surface area contributed by atoms with Gasteiger partial charge in [0.2, 0.25) is 5.78 Å². The van der Waals surface area contributed by atoms with Crippen molar-refractivity contribution >= 4 is 17.2 Å². The molecule has 2 aromatic rings. The van der Waals surface area contributed by atoms with Crippen LogP contribution in [0.2, 0.25) is 0 Å². The van der Waals surface area contributed by atoms with Crippen molar-refractivity contribution in [1.82, 2.24) is 0 Å². The summed E-state index contributed by atoms with van der Waals surface area (Å²) in [5.74, 6) is -0.478. The number of allylic oxidation sites excluding steroid dienone is 1. The van der Waals surface area contributed by atoms with Crippen LogP contribution in [0.5, 0.6) is 0 Å². The molecule has 0 saturated heterocycles. The molecule has 0 bridgehead atoms. The Hall–Kier alpha value is -3.35. The van der Waals surface area contributed by atoms with E-state index in [0.29, 0.717) is 17.5 Å². The molecule has 0 atom stereocenters. The first-order valence-electron chi connectivity index (χ1n) is 6.22. The summed E-state index contributed by atoms with van der Waals surface area (Å²) in [6, 6.07) is 13.7. The number of carbonyl (C=O) groups is 1. The fourth-order valence-corrected chi connectivity index (χ4v) is 1.62. The zero-order valence-electron chi connectivity index (χ0n) is 11.3. The van der Waals surface area contributed by atoms with E-state index in [1.54, 1.807) is 30.3 Å². The van der Waals surface area contributed by atoms with Gasteiger partial charge in [-0.1, -0.05) is 30.3 Å². The summed E-state index contributed by atoms with van der Waals surface area (Å²) >= 11 is 0. The zero-order valence-corrected chi connectivity index (χ0v) is 11.3. The fraction of sp³-hybridized carbons (Fsp3) is 0. The van der Waals surface area contributed by atoms with Gasteiger partial charge < -0.3 is 5.11 Å². The monoisotopic (exact) mass is 297 g/mol. The molecular formula is C15H11N3O4. The predicted molar refractivity (Wildman–Crippen MR) is 79.1 cm³/mol. The number of benzene rings is 2. The minimum absolute atomic E-state index is 0.0720. The van der Waals surface area contributed by atoms with Gasteiger partial charge in [-0.2, -0.15) is 5.11 Å². The van der Waals surface area contributed by atoms with Crippen LogP contribution in [0, 0.1) is 10.1 Å². The van der Waals surface area contributed by atoms with E-state index in [1.807, 2.05) is 0 Å². The molecule has 0 fully saturated rings. The Morgan fingerprint density at radius 1 is 1.09 bits per heavy atom. The number of ketones is 1. The average Bonchev–Trinajstić information content (AvgIpc) is 2.56. The first-order chi connectivity index (χ1) is 10.6. The SMILES string of the molecule is O=C(/C(=C\O)N=Nc1ccc([N+](=O)[O-])cc1)c1ccccc1. The van der Waals surface area contributed by atoms with E-state index in [1.165, 1.54) is 24.3 Å². The third-order valence-electron chi connectivity index (χ3n) is 2.72. The Kier molecular flexibility index (Phi) is 4.71. The molecule has 0 heterocycles. The van der Waals surface area contributed by atoms with Gasteiger partial charge in [0.25, 0.3) is 5.69 Å². The van der Waals surface area contributed by atoms with Crippen LogP contribution in [0.15, 0.2) is 76.8 Å². The number of Topliss-reactive ketones (excluding diaryl/α,β-unsaturated/α-hetero) is 1. The van der Waals surface area contributed by atoms with Crippen molar-refractivity contribution < 1.29 is 14.8 Å². The maximum absolute atomic E-state index is 12.1. The minimum Gasteiger partial charge on any atom is -0.513 e. The molecule has 110 valence electrons. The van der Waals surface area contributed by atoms with Gasteiger partial charge in [-0.3, -0.25) is 14.9 Å². The molecule has 22 heavy (non-hydrogen) atoms. The number of hydrogen-bond acceptors (Lipinski definition) is 6. The summed E-state index contributed by atoms with van der Waals surface area (Å²) < 4.78 is 0. The molecule has 0 saturated carbocycles. The molecule has 0 aromatic heterocycles. The molecule has 0 unspecified atom stereocenters. The van der Waals surface area contributed by atoms with Crippen molar-refractivity contribution in [1.29, 1.82) is 0 Å². The van der Waals surface area contributed by atoms with Crippen molar-refractivity contribution in [3.63, 3.8) is 0 Å². The second-order valence-corrected chi connectivity index (χ2v) is 4.18. The Morgan fingerprint density at radius 2 is 1.73 bits per heavy atom. The number of nitrogens with zero attached hydrogens (tertiary/aromatic N) is 3. The Balaban J connectivity index is 2.16. The number of non-ortho nitro benzene ring substituents is 1. The van der Waals surface area contributed by atoms with Crippen LogP contribution in [-0.4, -0.2) is 15.8 Å². The van der Waals surface area contributed by atoms with Gasteiger partial charge in [0, 0.05) is 17.7 Å². The van der Waals surface area contributed by atoms with E-state index in [2.05, 4.69) is 10.2 Å².